The van der Waals surface area contributed by atoms with Crippen LogP contribution in [-0.4, -0.2) is 21.5 Å². The summed E-state index contributed by atoms with van der Waals surface area (Å²) in [6.07, 6.45) is 4.29. The molecule has 1 unspecified atom stereocenters. The number of rotatable bonds is 4. The summed E-state index contributed by atoms with van der Waals surface area (Å²) in [7, 11) is 0. The lowest BCUT2D eigenvalue weighted by Gasteiger charge is -2.13. The van der Waals surface area contributed by atoms with Gasteiger partial charge < -0.3 is 9.42 Å². The van der Waals surface area contributed by atoms with Crippen molar-refractivity contribution in [1.29, 1.82) is 0 Å². The van der Waals surface area contributed by atoms with E-state index in [1.165, 1.54) is 18.6 Å². The summed E-state index contributed by atoms with van der Waals surface area (Å²) in [5, 5.41) is 0. The highest BCUT2D eigenvalue weighted by Crippen LogP contribution is 2.42. The van der Waals surface area contributed by atoms with Crippen molar-refractivity contribution >= 4 is 18.5 Å². The molecule has 13 heavy (non-hydrogen) atoms. The van der Waals surface area contributed by atoms with Gasteiger partial charge in [0.15, 0.2) is 0 Å². The van der Waals surface area contributed by atoms with Gasteiger partial charge in [-0.2, -0.15) is 0 Å². The summed E-state index contributed by atoms with van der Waals surface area (Å²) in [6, 6.07) is 0. The molecule has 1 aromatic rings. The fourth-order valence-electron chi connectivity index (χ4n) is 0.640. The second-order valence-corrected chi connectivity index (χ2v) is 4.78. The fourth-order valence-corrected chi connectivity index (χ4v) is 1.90. The van der Waals surface area contributed by atoms with Gasteiger partial charge in [-0.25, -0.2) is 4.98 Å². The van der Waals surface area contributed by atoms with Gasteiger partial charge in [0, 0.05) is 24.2 Å². The molecule has 0 fully saturated rings. The lowest BCUT2D eigenvalue weighted by atomic mass is 10.7. The molecule has 0 aliphatic carbocycles. The van der Waals surface area contributed by atoms with E-state index in [0.717, 1.165) is 0 Å². The van der Waals surface area contributed by atoms with Crippen LogP contribution in [0.5, 0.6) is 5.88 Å². The Hall–Kier alpha value is -0.550. The quantitative estimate of drug-likeness (QED) is 0.767. The normalized spacial score (nSPS) is 14.9. The minimum atomic E-state index is -3.18. The van der Waals surface area contributed by atoms with Crippen molar-refractivity contribution in [2.75, 3.05) is 6.61 Å². The smallest absolute Gasteiger partial charge is 0.379 e. The summed E-state index contributed by atoms with van der Waals surface area (Å²) < 4.78 is 9.75. The first kappa shape index (κ1) is 10.5. The molecular formula is C6H9N2O3PS. The first-order valence-corrected chi connectivity index (χ1v) is 6.16. The molecule has 1 heterocycles. The molecule has 0 saturated heterocycles. The molecule has 0 aromatic carbocycles. The van der Waals surface area contributed by atoms with Crippen LogP contribution in [0.2, 0.25) is 0 Å². The maximum Gasteiger partial charge on any atom is 0.379 e. The first-order valence-electron chi connectivity index (χ1n) is 3.57. The number of nitrogens with zero attached hydrogens (tertiary/aromatic N) is 2. The van der Waals surface area contributed by atoms with Crippen molar-refractivity contribution in [1.82, 2.24) is 9.97 Å². The van der Waals surface area contributed by atoms with Gasteiger partial charge in [0.05, 0.1) is 12.8 Å². The Morgan fingerprint density at radius 2 is 2.38 bits per heavy atom. The Balaban J connectivity index is 2.64. The summed E-state index contributed by atoms with van der Waals surface area (Å²) >= 11 is 4.68. The molecule has 0 saturated carbocycles. The van der Waals surface area contributed by atoms with Crippen molar-refractivity contribution < 1.29 is 13.9 Å². The van der Waals surface area contributed by atoms with Gasteiger partial charge in [-0.15, -0.1) is 0 Å². The van der Waals surface area contributed by atoms with Gasteiger partial charge in [0.25, 0.3) is 0 Å². The summed E-state index contributed by atoms with van der Waals surface area (Å²) in [6.45, 7) is -1.16. The predicted molar refractivity (Wildman–Crippen MR) is 50.8 cm³/mol. The van der Waals surface area contributed by atoms with Gasteiger partial charge in [-0.3, -0.25) is 9.51 Å². The highest BCUT2D eigenvalue weighted by atomic mass is 32.5. The molecule has 5 nitrogen and oxygen atoms in total. The Kier molecular flexibility index (Phi) is 3.74. The van der Waals surface area contributed by atoms with Crippen LogP contribution in [0.25, 0.3) is 0 Å². The van der Waals surface area contributed by atoms with Gasteiger partial charge in [-0.05, 0) is 6.92 Å². The molecule has 1 rings (SSSR count). The van der Waals surface area contributed by atoms with E-state index in [1.807, 2.05) is 0 Å². The van der Waals surface area contributed by atoms with Gasteiger partial charge in [0.1, 0.15) is 0 Å². The lowest BCUT2D eigenvalue weighted by Crippen LogP contribution is -1.97. The van der Waals surface area contributed by atoms with E-state index in [2.05, 4.69) is 21.8 Å². The van der Waals surface area contributed by atoms with Gasteiger partial charge >= 0.3 is 6.72 Å². The molecule has 72 valence electrons. The van der Waals surface area contributed by atoms with Crippen LogP contribution in [0, 0.1) is 0 Å². The number of hydrogen-bond donors (Lipinski definition) is 1. The van der Waals surface area contributed by atoms with E-state index in [-0.39, 0.29) is 5.88 Å². The van der Waals surface area contributed by atoms with Crippen LogP contribution in [0.1, 0.15) is 6.92 Å². The fraction of sp³-hybridized carbons (Fsp3) is 0.333. The molecular weight excluding hydrogens is 211 g/mol. The van der Waals surface area contributed by atoms with Crippen LogP contribution in [-0.2, 0) is 16.3 Å². The first-order chi connectivity index (χ1) is 6.14. The Bertz CT molecular complexity index is 308. The van der Waals surface area contributed by atoms with Crippen LogP contribution in [0.15, 0.2) is 18.6 Å². The molecule has 7 heteroatoms. The monoisotopic (exact) mass is 220 g/mol. The molecule has 0 radical (unpaired) electrons. The lowest BCUT2D eigenvalue weighted by molar-refractivity contribution is 0.268. The third-order valence-electron chi connectivity index (χ3n) is 1.04. The molecule has 0 bridgehead atoms. The van der Waals surface area contributed by atoms with Crippen molar-refractivity contribution in [3.05, 3.63) is 18.6 Å². The largest absolute Gasteiger partial charge is 0.404 e. The average Bonchev–Trinajstić information content (AvgIpc) is 2.04. The molecule has 1 atom stereocenters. The third kappa shape index (κ3) is 3.78. The zero-order valence-corrected chi connectivity index (χ0v) is 8.66. The standard InChI is InChI=1S/C6H9N2O3PS/c1-2-10-12(9,13)11-6-5-7-3-4-8-6/h3-5H,2H2,1H3,(H,9,13). The SMILES string of the molecule is CCOP(O)(=S)Oc1cnccn1. The molecule has 1 aromatic heterocycles. The van der Waals surface area contributed by atoms with Gasteiger partial charge in [0.2, 0.25) is 5.88 Å². The third-order valence-corrected chi connectivity index (χ3v) is 2.58. The summed E-state index contributed by atoms with van der Waals surface area (Å²) in [4.78, 5) is 16.9. The van der Waals surface area contributed by atoms with E-state index >= 15 is 0 Å². The van der Waals surface area contributed by atoms with Crippen molar-refractivity contribution in [3.63, 3.8) is 0 Å². The Labute approximate surface area is 81.0 Å². The van der Waals surface area contributed by atoms with Gasteiger partial charge in [-0.1, -0.05) is 0 Å². The minimum absolute atomic E-state index is 0.168. The summed E-state index contributed by atoms with van der Waals surface area (Å²) in [5.41, 5.74) is 0. The molecule has 0 spiro atoms. The topological polar surface area (TPSA) is 64.5 Å². The zero-order chi connectivity index (χ0) is 9.73. The van der Waals surface area contributed by atoms with E-state index in [9.17, 15) is 4.89 Å². The highest BCUT2D eigenvalue weighted by molar-refractivity contribution is 8.07. The van der Waals surface area contributed by atoms with Crippen molar-refractivity contribution in [2.24, 2.45) is 0 Å². The minimum Gasteiger partial charge on any atom is -0.404 e. The van der Waals surface area contributed by atoms with E-state index < -0.39 is 6.72 Å². The average molecular weight is 220 g/mol. The Morgan fingerprint density at radius 3 is 2.92 bits per heavy atom. The van der Waals surface area contributed by atoms with Crippen molar-refractivity contribution in [2.45, 2.75) is 6.92 Å². The molecule has 1 N–H and O–H groups in total. The maximum absolute atomic E-state index is 9.38. The molecule has 0 amide bonds. The second-order valence-electron chi connectivity index (χ2n) is 2.02. The molecule has 0 aliphatic rings. The van der Waals surface area contributed by atoms with E-state index in [4.69, 9.17) is 9.05 Å². The van der Waals surface area contributed by atoms with Crippen LogP contribution in [0.3, 0.4) is 0 Å². The highest BCUT2D eigenvalue weighted by Gasteiger charge is 2.16. The van der Waals surface area contributed by atoms with Crippen LogP contribution >= 0.6 is 6.72 Å². The molecule has 0 aliphatic heterocycles. The zero-order valence-electron chi connectivity index (χ0n) is 6.95. The van der Waals surface area contributed by atoms with Crippen LogP contribution in [0.4, 0.5) is 0 Å². The van der Waals surface area contributed by atoms with E-state index in [0.29, 0.717) is 6.61 Å². The second kappa shape index (κ2) is 4.62. The number of aromatic nitrogens is 2. The maximum atomic E-state index is 9.38. The van der Waals surface area contributed by atoms with Crippen molar-refractivity contribution in [3.8, 4) is 5.88 Å². The summed E-state index contributed by atoms with van der Waals surface area (Å²) in [5.74, 6) is 0.168. The Morgan fingerprint density at radius 1 is 1.62 bits per heavy atom. The number of hydrogen-bond acceptors (Lipinski definition) is 5. The van der Waals surface area contributed by atoms with E-state index in [1.54, 1.807) is 6.92 Å². The van der Waals surface area contributed by atoms with Crippen LogP contribution < -0.4 is 4.52 Å². The predicted octanol–water partition coefficient (Wildman–Crippen LogP) is 1.11.